The largest absolute Gasteiger partial charge is 0.490 e. The summed E-state index contributed by atoms with van der Waals surface area (Å²) in [6.45, 7) is 4.21. The summed E-state index contributed by atoms with van der Waals surface area (Å²) in [6.07, 6.45) is 3.06. The van der Waals surface area contributed by atoms with Gasteiger partial charge in [-0.15, -0.1) is 11.3 Å². The Bertz CT molecular complexity index is 1340. The van der Waals surface area contributed by atoms with Crippen LogP contribution in [0.25, 0.3) is 5.69 Å². The van der Waals surface area contributed by atoms with Gasteiger partial charge >= 0.3 is 0 Å². The number of hydrogen-bond donors (Lipinski definition) is 1. The number of aryl methyl sites for hydroxylation is 1. The van der Waals surface area contributed by atoms with E-state index in [4.69, 9.17) is 21.1 Å². The quantitative estimate of drug-likeness (QED) is 0.271. The number of ether oxygens (including phenoxy) is 2. The smallest absolute Gasteiger partial charge is 0.294 e. The second kappa shape index (κ2) is 10.3. The predicted molar refractivity (Wildman–Crippen MR) is 131 cm³/mol. The Hall–Kier alpha value is -3.69. The minimum absolute atomic E-state index is 0.0788. The van der Waals surface area contributed by atoms with E-state index in [1.807, 2.05) is 43.5 Å². The normalized spacial score (nSPS) is 11.0. The van der Waals surface area contributed by atoms with E-state index in [0.717, 1.165) is 11.3 Å². The molecule has 0 amide bonds. The van der Waals surface area contributed by atoms with Crippen molar-refractivity contribution < 1.29 is 9.47 Å². The Kier molecular flexibility index (Phi) is 7.01. The van der Waals surface area contributed by atoms with Crippen LogP contribution < -0.4 is 20.5 Å². The molecule has 2 heterocycles. The van der Waals surface area contributed by atoms with Crippen LogP contribution in [0.2, 0.25) is 5.02 Å². The maximum Gasteiger partial charge on any atom is 0.294 e. The van der Waals surface area contributed by atoms with E-state index in [2.05, 4.69) is 20.6 Å². The van der Waals surface area contributed by atoms with Gasteiger partial charge < -0.3 is 9.47 Å². The van der Waals surface area contributed by atoms with Gasteiger partial charge in [0.05, 0.1) is 30.4 Å². The van der Waals surface area contributed by atoms with Gasteiger partial charge in [0, 0.05) is 5.38 Å². The molecule has 168 valence electrons. The molecule has 2 aromatic heterocycles. The molecule has 10 heteroatoms. The number of aromatic nitrogens is 3. The third kappa shape index (κ3) is 5.39. The van der Waals surface area contributed by atoms with Gasteiger partial charge in [0.1, 0.15) is 0 Å². The van der Waals surface area contributed by atoms with Gasteiger partial charge in [-0.25, -0.2) is 4.98 Å². The van der Waals surface area contributed by atoms with Crippen molar-refractivity contribution in [2.24, 2.45) is 5.10 Å². The lowest BCUT2D eigenvalue weighted by molar-refractivity contribution is 0.321. The van der Waals surface area contributed by atoms with Gasteiger partial charge in [-0.05, 0) is 49.7 Å². The fourth-order valence-electron chi connectivity index (χ4n) is 2.89. The lowest BCUT2D eigenvalue weighted by Gasteiger charge is -2.13. The zero-order chi connectivity index (χ0) is 23.2. The molecule has 0 aliphatic heterocycles. The van der Waals surface area contributed by atoms with Crippen LogP contribution in [0.3, 0.4) is 0 Å². The van der Waals surface area contributed by atoms with Crippen LogP contribution in [0.1, 0.15) is 18.2 Å². The number of nitrogens with one attached hydrogen (secondary N) is 1. The third-order valence-electron chi connectivity index (χ3n) is 4.37. The van der Waals surface area contributed by atoms with Crippen LogP contribution in [-0.2, 0) is 0 Å². The molecule has 1 N–H and O–H groups in total. The van der Waals surface area contributed by atoms with E-state index in [1.54, 1.807) is 30.5 Å². The number of rotatable bonds is 8. The molecule has 0 bridgehead atoms. The summed E-state index contributed by atoms with van der Waals surface area (Å²) in [4.78, 5) is 17.0. The van der Waals surface area contributed by atoms with E-state index in [9.17, 15) is 4.79 Å². The molecule has 0 aliphatic carbocycles. The molecule has 0 saturated carbocycles. The predicted octanol–water partition coefficient (Wildman–Crippen LogP) is 5.29. The van der Waals surface area contributed by atoms with E-state index >= 15 is 0 Å². The summed E-state index contributed by atoms with van der Waals surface area (Å²) < 4.78 is 12.8. The standard InChI is InChI=1S/C23H20ClN5O3S/c1-3-31-19-11-16(12-25-28-23-27-15(2)14-33-23)9-10-18(19)32-20-13-26-29(22(30)21(20)24)17-7-5-4-6-8-17/h4-14H,3H2,1-2H3,(H,27,28). The van der Waals surface area contributed by atoms with Crippen molar-refractivity contribution in [3.05, 3.63) is 86.7 Å². The fourth-order valence-corrected chi connectivity index (χ4v) is 3.69. The van der Waals surface area contributed by atoms with Gasteiger partial charge in [-0.2, -0.15) is 14.9 Å². The first-order chi connectivity index (χ1) is 16.0. The summed E-state index contributed by atoms with van der Waals surface area (Å²) in [7, 11) is 0. The number of hydrogen-bond acceptors (Lipinski definition) is 8. The molecule has 0 unspecified atom stereocenters. The summed E-state index contributed by atoms with van der Waals surface area (Å²) >= 11 is 7.79. The average molecular weight is 482 g/mol. The van der Waals surface area contributed by atoms with Gasteiger partial charge in [0.2, 0.25) is 5.13 Å². The number of para-hydroxylation sites is 1. The molecular formula is C23H20ClN5O3S. The van der Waals surface area contributed by atoms with Gasteiger partial charge in [0.15, 0.2) is 22.3 Å². The second-order valence-corrected chi connectivity index (χ2v) is 8.02. The summed E-state index contributed by atoms with van der Waals surface area (Å²) in [5.74, 6) is 1.02. The molecule has 0 spiro atoms. The van der Waals surface area contributed by atoms with Crippen molar-refractivity contribution in [1.82, 2.24) is 14.8 Å². The Labute approximate surface area is 199 Å². The number of halogens is 1. The van der Waals surface area contributed by atoms with E-state index < -0.39 is 5.56 Å². The minimum Gasteiger partial charge on any atom is -0.490 e. The van der Waals surface area contributed by atoms with Crippen LogP contribution in [-0.4, -0.2) is 27.6 Å². The highest BCUT2D eigenvalue weighted by Crippen LogP contribution is 2.34. The molecule has 4 aromatic rings. The molecule has 0 atom stereocenters. The summed E-state index contributed by atoms with van der Waals surface area (Å²) in [5, 5.41) is 11.0. The summed E-state index contributed by atoms with van der Waals surface area (Å²) in [5.41, 5.74) is 4.74. The first kappa shape index (κ1) is 22.5. The van der Waals surface area contributed by atoms with Crippen LogP contribution in [0, 0.1) is 6.92 Å². The van der Waals surface area contributed by atoms with E-state index in [1.165, 1.54) is 22.2 Å². The van der Waals surface area contributed by atoms with E-state index in [-0.39, 0.29) is 10.8 Å². The van der Waals surface area contributed by atoms with Crippen molar-refractivity contribution in [3.63, 3.8) is 0 Å². The highest BCUT2D eigenvalue weighted by atomic mass is 35.5. The monoisotopic (exact) mass is 481 g/mol. The number of benzene rings is 2. The van der Waals surface area contributed by atoms with Crippen molar-refractivity contribution in [1.29, 1.82) is 0 Å². The average Bonchev–Trinajstić information content (AvgIpc) is 3.24. The fraction of sp³-hybridized carbons (Fsp3) is 0.130. The lowest BCUT2D eigenvalue weighted by Crippen LogP contribution is -2.21. The van der Waals surface area contributed by atoms with Crippen molar-refractivity contribution >= 4 is 34.3 Å². The van der Waals surface area contributed by atoms with Crippen LogP contribution >= 0.6 is 22.9 Å². The van der Waals surface area contributed by atoms with Gasteiger partial charge in [-0.1, -0.05) is 29.8 Å². The number of anilines is 1. The molecule has 2 aromatic carbocycles. The zero-order valence-electron chi connectivity index (χ0n) is 17.9. The van der Waals surface area contributed by atoms with Crippen LogP contribution in [0.4, 0.5) is 5.13 Å². The molecular weight excluding hydrogens is 462 g/mol. The van der Waals surface area contributed by atoms with Crippen LogP contribution in [0.15, 0.2) is 70.0 Å². The molecule has 0 fully saturated rings. The third-order valence-corrected chi connectivity index (χ3v) is 5.58. The number of nitrogens with zero attached hydrogens (tertiary/aromatic N) is 4. The number of thiazole rings is 1. The molecule has 4 rings (SSSR count). The van der Waals surface area contributed by atoms with Gasteiger partial charge in [-0.3, -0.25) is 10.2 Å². The zero-order valence-corrected chi connectivity index (χ0v) is 19.4. The Morgan fingerprint density at radius 1 is 1.18 bits per heavy atom. The van der Waals surface area contributed by atoms with E-state index in [0.29, 0.717) is 28.9 Å². The first-order valence-electron chi connectivity index (χ1n) is 10.0. The molecule has 0 radical (unpaired) electrons. The molecule has 0 saturated heterocycles. The van der Waals surface area contributed by atoms with Crippen molar-refractivity contribution in [3.8, 4) is 22.9 Å². The summed E-state index contributed by atoms with van der Waals surface area (Å²) in [6, 6.07) is 14.3. The first-order valence-corrected chi connectivity index (χ1v) is 11.3. The minimum atomic E-state index is -0.481. The molecule has 33 heavy (non-hydrogen) atoms. The lowest BCUT2D eigenvalue weighted by atomic mass is 10.2. The Morgan fingerprint density at radius 2 is 2.00 bits per heavy atom. The topological polar surface area (TPSA) is 90.6 Å². The second-order valence-electron chi connectivity index (χ2n) is 6.78. The Balaban J connectivity index is 1.56. The van der Waals surface area contributed by atoms with Crippen molar-refractivity contribution in [2.45, 2.75) is 13.8 Å². The van der Waals surface area contributed by atoms with Crippen molar-refractivity contribution in [2.75, 3.05) is 12.0 Å². The van der Waals surface area contributed by atoms with Crippen LogP contribution in [0.5, 0.6) is 17.2 Å². The maximum atomic E-state index is 12.7. The molecule has 0 aliphatic rings. The maximum absolute atomic E-state index is 12.7. The highest BCUT2D eigenvalue weighted by Gasteiger charge is 2.15. The Morgan fingerprint density at radius 3 is 2.73 bits per heavy atom. The SMILES string of the molecule is CCOc1cc(C=NNc2nc(C)cs2)ccc1Oc1cnn(-c2ccccc2)c(=O)c1Cl. The highest BCUT2D eigenvalue weighted by molar-refractivity contribution is 7.13. The van der Waals surface area contributed by atoms with Gasteiger partial charge in [0.25, 0.3) is 5.56 Å². The number of hydrazone groups is 1. The molecule has 8 nitrogen and oxygen atoms in total.